The Kier molecular flexibility index (Phi) is 4.71. The smallest absolute Gasteiger partial charge is 0.409 e. The fourth-order valence-corrected chi connectivity index (χ4v) is 2.48. The Balaban J connectivity index is 1.61. The minimum atomic E-state index is -0.231. The number of anilines is 1. The van der Waals surface area contributed by atoms with Gasteiger partial charge in [-0.3, -0.25) is 0 Å². The van der Waals surface area contributed by atoms with E-state index in [0.717, 1.165) is 11.6 Å². The molecule has 3 rings (SSSR count). The van der Waals surface area contributed by atoms with E-state index in [1.54, 1.807) is 11.1 Å². The van der Waals surface area contributed by atoms with E-state index in [2.05, 4.69) is 22.1 Å². The van der Waals surface area contributed by atoms with Crippen LogP contribution in [0.4, 0.5) is 10.6 Å². The zero-order valence-corrected chi connectivity index (χ0v) is 13.2. The third-order valence-electron chi connectivity index (χ3n) is 3.84. The lowest BCUT2D eigenvalue weighted by atomic mass is 10.1. The van der Waals surface area contributed by atoms with Gasteiger partial charge in [-0.2, -0.15) is 0 Å². The van der Waals surface area contributed by atoms with Gasteiger partial charge in [-0.25, -0.2) is 14.8 Å². The SMILES string of the molecule is CN(CCN1CCOC1=O)c1ccnc(Cc2ccccc2)n1. The predicted octanol–water partition coefficient (Wildman–Crippen LogP) is 1.96. The Bertz CT molecular complexity index is 663. The summed E-state index contributed by atoms with van der Waals surface area (Å²) < 4.78 is 4.93. The zero-order chi connectivity index (χ0) is 16.1. The second-order valence-electron chi connectivity index (χ2n) is 5.52. The number of likely N-dealkylation sites (N-methyl/N-ethyl adjacent to an activating group) is 1. The lowest BCUT2D eigenvalue weighted by molar-refractivity contribution is 0.159. The molecule has 0 saturated carbocycles. The first kappa shape index (κ1) is 15.3. The maximum Gasteiger partial charge on any atom is 0.409 e. The second kappa shape index (κ2) is 7.09. The van der Waals surface area contributed by atoms with Crippen LogP contribution in [-0.2, 0) is 11.2 Å². The number of amides is 1. The van der Waals surface area contributed by atoms with Crippen molar-refractivity contribution in [3.63, 3.8) is 0 Å². The van der Waals surface area contributed by atoms with Gasteiger partial charge >= 0.3 is 6.09 Å². The molecule has 1 saturated heterocycles. The molecule has 1 amide bonds. The standard InChI is InChI=1S/C17H20N4O2/c1-20(9-10-21-11-12-23-17(21)22)16-7-8-18-15(19-16)13-14-5-3-2-4-6-14/h2-8H,9-13H2,1H3. The topological polar surface area (TPSA) is 58.6 Å². The van der Waals surface area contributed by atoms with Crippen molar-refractivity contribution in [3.8, 4) is 0 Å². The van der Waals surface area contributed by atoms with Gasteiger partial charge in [0, 0.05) is 32.8 Å². The molecule has 0 atom stereocenters. The summed E-state index contributed by atoms with van der Waals surface area (Å²) in [4.78, 5) is 24.1. The molecule has 1 fully saturated rings. The van der Waals surface area contributed by atoms with Crippen molar-refractivity contribution in [1.82, 2.24) is 14.9 Å². The number of carbonyl (C=O) groups excluding carboxylic acids is 1. The first-order valence-electron chi connectivity index (χ1n) is 7.71. The van der Waals surface area contributed by atoms with Gasteiger partial charge in [0.15, 0.2) is 0 Å². The van der Waals surface area contributed by atoms with Gasteiger partial charge in [0.05, 0.1) is 6.54 Å². The van der Waals surface area contributed by atoms with Crippen LogP contribution in [-0.4, -0.2) is 54.2 Å². The monoisotopic (exact) mass is 312 g/mol. The van der Waals surface area contributed by atoms with Crippen molar-refractivity contribution in [3.05, 3.63) is 54.0 Å². The van der Waals surface area contributed by atoms with Crippen LogP contribution in [0.25, 0.3) is 0 Å². The quantitative estimate of drug-likeness (QED) is 0.816. The minimum Gasteiger partial charge on any atom is -0.448 e. The van der Waals surface area contributed by atoms with E-state index < -0.39 is 0 Å². The van der Waals surface area contributed by atoms with Gasteiger partial charge in [0.1, 0.15) is 18.2 Å². The third kappa shape index (κ3) is 3.97. The average molecular weight is 312 g/mol. The molecule has 1 aliphatic rings. The number of nitrogens with zero attached hydrogens (tertiary/aromatic N) is 4. The van der Waals surface area contributed by atoms with Crippen LogP contribution < -0.4 is 4.90 Å². The molecule has 6 heteroatoms. The summed E-state index contributed by atoms with van der Waals surface area (Å²) in [7, 11) is 1.97. The summed E-state index contributed by atoms with van der Waals surface area (Å²) in [6, 6.07) is 12.0. The lowest BCUT2D eigenvalue weighted by Gasteiger charge is -2.21. The van der Waals surface area contributed by atoms with Crippen LogP contribution in [0.15, 0.2) is 42.6 Å². The summed E-state index contributed by atoms with van der Waals surface area (Å²) in [5.41, 5.74) is 1.19. The molecule has 0 bridgehead atoms. The number of cyclic esters (lactones) is 1. The Morgan fingerprint density at radius 2 is 2.09 bits per heavy atom. The van der Waals surface area contributed by atoms with Gasteiger partial charge in [-0.05, 0) is 11.6 Å². The van der Waals surface area contributed by atoms with E-state index in [9.17, 15) is 4.79 Å². The minimum absolute atomic E-state index is 0.231. The summed E-state index contributed by atoms with van der Waals surface area (Å²) in [5, 5.41) is 0. The van der Waals surface area contributed by atoms with Gasteiger partial charge in [0.25, 0.3) is 0 Å². The van der Waals surface area contributed by atoms with Crippen molar-refractivity contribution in [1.29, 1.82) is 0 Å². The van der Waals surface area contributed by atoms with Gasteiger partial charge in [0.2, 0.25) is 0 Å². The summed E-state index contributed by atoms with van der Waals surface area (Å²) in [6.45, 7) is 2.48. The zero-order valence-electron chi connectivity index (χ0n) is 13.2. The van der Waals surface area contributed by atoms with Gasteiger partial charge < -0.3 is 14.5 Å². The highest BCUT2D eigenvalue weighted by Gasteiger charge is 2.21. The molecule has 2 aromatic rings. The maximum atomic E-state index is 11.4. The molecule has 0 aliphatic carbocycles. The van der Waals surface area contributed by atoms with Gasteiger partial charge in [-0.15, -0.1) is 0 Å². The second-order valence-corrected chi connectivity index (χ2v) is 5.52. The van der Waals surface area contributed by atoms with Crippen molar-refractivity contribution in [2.75, 3.05) is 38.2 Å². The molecular formula is C17H20N4O2. The summed E-state index contributed by atoms with van der Waals surface area (Å²) in [5.74, 6) is 1.65. The molecule has 2 heterocycles. The number of aromatic nitrogens is 2. The first-order chi connectivity index (χ1) is 11.2. The number of rotatable bonds is 6. The first-order valence-corrected chi connectivity index (χ1v) is 7.71. The number of ether oxygens (including phenoxy) is 1. The van der Waals surface area contributed by atoms with E-state index in [4.69, 9.17) is 4.74 Å². The van der Waals surface area contributed by atoms with Crippen LogP contribution in [0.5, 0.6) is 0 Å². The third-order valence-corrected chi connectivity index (χ3v) is 3.84. The average Bonchev–Trinajstić information content (AvgIpc) is 2.99. The Labute approximate surface area is 135 Å². The molecule has 1 aliphatic heterocycles. The molecule has 1 aromatic carbocycles. The molecule has 0 spiro atoms. The molecule has 1 aromatic heterocycles. The Morgan fingerprint density at radius 1 is 1.26 bits per heavy atom. The number of hydrogen-bond acceptors (Lipinski definition) is 5. The van der Waals surface area contributed by atoms with Crippen LogP contribution in [0.1, 0.15) is 11.4 Å². The van der Waals surface area contributed by atoms with E-state index in [1.165, 1.54) is 5.56 Å². The highest BCUT2D eigenvalue weighted by Crippen LogP contribution is 2.12. The van der Waals surface area contributed by atoms with E-state index in [0.29, 0.717) is 32.7 Å². The fraction of sp³-hybridized carbons (Fsp3) is 0.353. The summed E-state index contributed by atoms with van der Waals surface area (Å²) in [6.07, 6.45) is 2.26. The largest absolute Gasteiger partial charge is 0.448 e. The van der Waals surface area contributed by atoms with Crippen LogP contribution in [0.2, 0.25) is 0 Å². The number of carbonyl (C=O) groups is 1. The number of hydrogen-bond donors (Lipinski definition) is 0. The van der Waals surface area contributed by atoms with Crippen LogP contribution >= 0.6 is 0 Å². The highest BCUT2D eigenvalue weighted by molar-refractivity contribution is 5.69. The van der Waals surface area contributed by atoms with Crippen molar-refractivity contribution < 1.29 is 9.53 Å². The Hall–Kier alpha value is -2.63. The van der Waals surface area contributed by atoms with Gasteiger partial charge in [-0.1, -0.05) is 30.3 Å². The van der Waals surface area contributed by atoms with Crippen molar-refractivity contribution in [2.24, 2.45) is 0 Å². The molecule has 0 radical (unpaired) electrons. The van der Waals surface area contributed by atoms with E-state index in [1.807, 2.05) is 36.2 Å². The normalized spacial score (nSPS) is 14.0. The van der Waals surface area contributed by atoms with E-state index >= 15 is 0 Å². The summed E-state index contributed by atoms with van der Waals surface area (Å²) >= 11 is 0. The number of benzene rings is 1. The lowest BCUT2D eigenvalue weighted by Crippen LogP contribution is -2.34. The molecule has 0 N–H and O–H groups in total. The molecule has 120 valence electrons. The molecule has 23 heavy (non-hydrogen) atoms. The molecule has 0 unspecified atom stereocenters. The van der Waals surface area contributed by atoms with Crippen molar-refractivity contribution >= 4 is 11.9 Å². The Morgan fingerprint density at radius 3 is 2.83 bits per heavy atom. The van der Waals surface area contributed by atoms with E-state index in [-0.39, 0.29) is 6.09 Å². The molecular weight excluding hydrogens is 292 g/mol. The highest BCUT2D eigenvalue weighted by atomic mass is 16.6. The predicted molar refractivity (Wildman–Crippen MR) is 87.5 cm³/mol. The molecule has 6 nitrogen and oxygen atoms in total. The van der Waals surface area contributed by atoms with Crippen molar-refractivity contribution in [2.45, 2.75) is 6.42 Å². The van der Waals surface area contributed by atoms with Crippen LogP contribution in [0.3, 0.4) is 0 Å². The van der Waals surface area contributed by atoms with Crippen LogP contribution in [0, 0.1) is 0 Å². The fourth-order valence-electron chi connectivity index (χ4n) is 2.48. The maximum absolute atomic E-state index is 11.4.